The zero-order valence-corrected chi connectivity index (χ0v) is 6.40. The highest BCUT2D eigenvalue weighted by molar-refractivity contribution is 5.56. The van der Waals surface area contributed by atoms with Crippen LogP contribution in [0.4, 0.5) is 0 Å². The van der Waals surface area contributed by atoms with Crippen molar-refractivity contribution >= 4 is 6.29 Å². The maximum absolute atomic E-state index is 10.3. The minimum Gasteiger partial charge on any atom is -0.395 e. The zero-order valence-electron chi connectivity index (χ0n) is 6.40. The van der Waals surface area contributed by atoms with E-state index in [-0.39, 0.29) is 12.7 Å². The Morgan fingerprint density at radius 2 is 2.55 bits per heavy atom. The normalized spacial score (nSPS) is 26.8. The number of nitrogens with zero attached hydrogens (tertiary/aromatic N) is 1. The fourth-order valence-electron chi connectivity index (χ4n) is 1.16. The van der Waals surface area contributed by atoms with E-state index in [9.17, 15) is 4.79 Å². The molecule has 4 nitrogen and oxygen atoms in total. The Balaban J connectivity index is 2.27. The number of rotatable bonds is 3. The van der Waals surface area contributed by atoms with E-state index in [1.807, 2.05) is 4.90 Å². The van der Waals surface area contributed by atoms with Gasteiger partial charge in [-0.3, -0.25) is 4.90 Å². The fraction of sp³-hybridized carbons (Fsp3) is 0.857. The van der Waals surface area contributed by atoms with Crippen LogP contribution in [0.15, 0.2) is 0 Å². The van der Waals surface area contributed by atoms with Crippen molar-refractivity contribution in [1.29, 1.82) is 0 Å². The van der Waals surface area contributed by atoms with Gasteiger partial charge in [-0.05, 0) is 0 Å². The molecule has 4 heteroatoms. The van der Waals surface area contributed by atoms with E-state index in [2.05, 4.69) is 0 Å². The van der Waals surface area contributed by atoms with Crippen molar-refractivity contribution < 1.29 is 14.6 Å². The summed E-state index contributed by atoms with van der Waals surface area (Å²) >= 11 is 0. The van der Waals surface area contributed by atoms with Crippen molar-refractivity contribution in [2.24, 2.45) is 0 Å². The average Bonchev–Trinajstić information content (AvgIpc) is 2.06. The number of carbonyl (C=O) groups excluding carboxylic acids is 1. The molecule has 1 N–H and O–H groups in total. The van der Waals surface area contributed by atoms with E-state index in [1.54, 1.807) is 0 Å². The molecule has 1 aliphatic heterocycles. The minimum absolute atomic E-state index is 0.144. The monoisotopic (exact) mass is 159 g/mol. The topological polar surface area (TPSA) is 49.8 Å². The third-order valence-electron chi connectivity index (χ3n) is 1.75. The molecule has 64 valence electrons. The van der Waals surface area contributed by atoms with E-state index >= 15 is 0 Å². The van der Waals surface area contributed by atoms with Gasteiger partial charge < -0.3 is 14.6 Å². The molecule has 0 amide bonds. The largest absolute Gasteiger partial charge is 0.395 e. The van der Waals surface area contributed by atoms with Crippen molar-refractivity contribution in [3.05, 3.63) is 0 Å². The summed E-state index contributed by atoms with van der Waals surface area (Å²) in [6.07, 6.45) is 0.513. The summed E-state index contributed by atoms with van der Waals surface area (Å²) in [5.74, 6) is 0. The SMILES string of the molecule is O=CC1CN(CCO)CCO1. The van der Waals surface area contributed by atoms with Gasteiger partial charge in [-0.1, -0.05) is 0 Å². The van der Waals surface area contributed by atoms with Gasteiger partial charge in [-0.15, -0.1) is 0 Å². The van der Waals surface area contributed by atoms with Gasteiger partial charge in [-0.25, -0.2) is 0 Å². The lowest BCUT2D eigenvalue weighted by Gasteiger charge is -2.29. The highest BCUT2D eigenvalue weighted by Gasteiger charge is 2.18. The molecule has 1 heterocycles. The summed E-state index contributed by atoms with van der Waals surface area (Å²) in [5, 5.41) is 8.61. The van der Waals surface area contributed by atoms with Crippen LogP contribution in [-0.4, -0.2) is 55.2 Å². The summed E-state index contributed by atoms with van der Waals surface area (Å²) in [5.41, 5.74) is 0. The van der Waals surface area contributed by atoms with Crippen LogP contribution in [0.1, 0.15) is 0 Å². The van der Waals surface area contributed by atoms with Crippen LogP contribution in [0.3, 0.4) is 0 Å². The van der Waals surface area contributed by atoms with Gasteiger partial charge in [0.2, 0.25) is 0 Å². The Morgan fingerprint density at radius 3 is 3.18 bits per heavy atom. The molecule has 1 rings (SSSR count). The molecule has 1 atom stereocenters. The van der Waals surface area contributed by atoms with E-state index < -0.39 is 0 Å². The van der Waals surface area contributed by atoms with Gasteiger partial charge in [0.05, 0.1) is 13.2 Å². The first-order valence-corrected chi connectivity index (χ1v) is 3.77. The van der Waals surface area contributed by atoms with Gasteiger partial charge >= 0.3 is 0 Å². The molecule has 0 aromatic heterocycles. The molecule has 11 heavy (non-hydrogen) atoms. The Labute approximate surface area is 65.8 Å². The molecule has 0 bridgehead atoms. The molecular formula is C7H13NO3. The second-order valence-corrected chi connectivity index (χ2v) is 2.57. The lowest BCUT2D eigenvalue weighted by Crippen LogP contribution is -2.44. The minimum atomic E-state index is -0.296. The predicted octanol–water partition coefficient (Wildman–Crippen LogP) is -1.12. The molecule has 0 saturated carbocycles. The number of hydrogen-bond donors (Lipinski definition) is 1. The van der Waals surface area contributed by atoms with Gasteiger partial charge in [0.15, 0.2) is 0 Å². The number of aldehydes is 1. The average molecular weight is 159 g/mol. The van der Waals surface area contributed by atoms with Crippen molar-refractivity contribution in [3.8, 4) is 0 Å². The summed E-state index contributed by atoms with van der Waals surface area (Å²) in [4.78, 5) is 12.3. The predicted molar refractivity (Wildman–Crippen MR) is 39.3 cm³/mol. The first-order chi connectivity index (χ1) is 5.36. The lowest BCUT2D eigenvalue weighted by atomic mass is 10.3. The molecule has 0 radical (unpaired) electrons. The standard InChI is InChI=1S/C7H13NO3/c9-3-1-8-2-4-11-7(5-8)6-10/h6-7,9H,1-5H2. The number of morpholine rings is 1. The first-order valence-electron chi connectivity index (χ1n) is 3.77. The molecule has 1 unspecified atom stereocenters. The van der Waals surface area contributed by atoms with E-state index in [4.69, 9.17) is 9.84 Å². The van der Waals surface area contributed by atoms with Crippen molar-refractivity contribution in [2.45, 2.75) is 6.10 Å². The third kappa shape index (κ3) is 2.57. The fourth-order valence-corrected chi connectivity index (χ4v) is 1.16. The third-order valence-corrected chi connectivity index (χ3v) is 1.75. The second-order valence-electron chi connectivity index (χ2n) is 2.57. The van der Waals surface area contributed by atoms with Crippen molar-refractivity contribution in [1.82, 2.24) is 4.90 Å². The Bertz CT molecular complexity index is 127. The summed E-state index contributed by atoms with van der Waals surface area (Å²) in [6.45, 7) is 2.79. The van der Waals surface area contributed by atoms with Crippen LogP contribution < -0.4 is 0 Å². The van der Waals surface area contributed by atoms with Gasteiger partial charge in [0, 0.05) is 19.6 Å². The number of carbonyl (C=O) groups is 1. The smallest absolute Gasteiger partial charge is 0.150 e. The van der Waals surface area contributed by atoms with Crippen LogP contribution in [0.2, 0.25) is 0 Å². The van der Waals surface area contributed by atoms with Gasteiger partial charge in [0.25, 0.3) is 0 Å². The Kier molecular flexibility index (Phi) is 3.48. The highest BCUT2D eigenvalue weighted by atomic mass is 16.5. The number of hydrogen-bond acceptors (Lipinski definition) is 4. The van der Waals surface area contributed by atoms with E-state index in [0.29, 0.717) is 19.7 Å². The second kappa shape index (κ2) is 4.43. The van der Waals surface area contributed by atoms with Gasteiger partial charge in [-0.2, -0.15) is 0 Å². The molecule has 0 aromatic carbocycles. The van der Waals surface area contributed by atoms with Crippen LogP contribution >= 0.6 is 0 Å². The van der Waals surface area contributed by atoms with E-state index in [0.717, 1.165) is 12.8 Å². The van der Waals surface area contributed by atoms with Gasteiger partial charge in [0.1, 0.15) is 12.4 Å². The Hall–Kier alpha value is -0.450. The van der Waals surface area contributed by atoms with Crippen LogP contribution in [-0.2, 0) is 9.53 Å². The molecule has 1 fully saturated rings. The number of β-amino-alcohol motifs (C(OH)–C–C–N with tert-alkyl or cyclic N) is 1. The highest BCUT2D eigenvalue weighted by Crippen LogP contribution is 2.01. The molecule has 0 aromatic rings. The maximum Gasteiger partial charge on any atom is 0.150 e. The number of aliphatic hydroxyl groups excluding tert-OH is 1. The summed E-state index contributed by atoms with van der Waals surface area (Å²) in [6, 6.07) is 0. The first kappa shape index (κ1) is 8.64. The molecule has 1 saturated heterocycles. The number of ether oxygens (including phenoxy) is 1. The quantitative estimate of drug-likeness (QED) is 0.530. The maximum atomic E-state index is 10.3. The lowest BCUT2D eigenvalue weighted by molar-refractivity contribution is -0.123. The van der Waals surface area contributed by atoms with Crippen molar-refractivity contribution in [3.63, 3.8) is 0 Å². The van der Waals surface area contributed by atoms with Crippen molar-refractivity contribution in [2.75, 3.05) is 32.8 Å². The van der Waals surface area contributed by atoms with Crippen LogP contribution in [0, 0.1) is 0 Å². The summed E-state index contributed by atoms with van der Waals surface area (Å²) in [7, 11) is 0. The molecular weight excluding hydrogens is 146 g/mol. The summed E-state index contributed by atoms with van der Waals surface area (Å²) < 4.78 is 5.11. The van der Waals surface area contributed by atoms with Crippen LogP contribution in [0.5, 0.6) is 0 Å². The molecule has 1 aliphatic rings. The zero-order chi connectivity index (χ0) is 8.10. The molecule has 0 spiro atoms. The van der Waals surface area contributed by atoms with Crippen LogP contribution in [0.25, 0.3) is 0 Å². The number of aliphatic hydroxyl groups is 1. The van der Waals surface area contributed by atoms with E-state index in [1.165, 1.54) is 0 Å². The molecule has 0 aliphatic carbocycles. The Morgan fingerprint density at radius 1 is 1.73 bits per heavy atom.